The monoisotopic (exact) mass is 285 g/mol. The average molecular weight is 285 g/mol. The lowest BCUT2D eigenvalue weighted by atomic mass is 10.1. The van der Waals surface area contributed by atoms with Crippen molar-refractivity contribution in [2.45, 2.75) is 6.42 Å². The summed E-state index contributed by atoms with van der Waals surface area (Å²) in [5, 5.41) is 11.4. The van der Waals surface area contributed by atoms with Gasteiger partial charge >= 0.3 is 5.97 Å². The molecule has 0 radical (unpaired) electrons. The molecule has 21 heavy (non-hydrogen) atoms. The average Bonchev–Trinajstić information content (AvgIpc) is 2.98. The number of aliphatic carboxylic acids is 1. The van der Waals surface area contributed by atoms with Crippen LogP contribution in [0.3, 0.4) is 0 Å². The van der Waals surface area contributed by atoms with Gasteiger partial charge in [0.15, 0.2) is 0 Å². The molecule has 0 aliphatic heterocycles. The normalized spacial score (nSPS) is 10.7. The first kappa shape index (κ1) is 14.6. The first-order valence-electron chi connectivity index (χ1n) is 6.47. The van der Waals surface area contributed by atoms with Crippen LogP contribution in [0.15, 0.2) is 53.2 Å². The molecule has 0 bridgehead atoms. The Morgan fingerprint density at radius 1 is 1.24 bits per heavy atom. The van der Waals surface area contributed by atoms with Crippen LogP contribution in [0.1, 0.15) is 21.7 Å². The summed E-state index contributed by atoms with van der Waals surface area (Å²) in [5.41, 5.74) is 1.15. The number of benzene rings is 1. The smallest absolute Gasteiger partial charge is 0.328 e. The molecule has 2 aromatic rings. The molecule has 0 fully saturated rings. The third-order valence-corrected chi connectivity index (χ3v) is 2.80. The van der Waals surface area contributed by atoms with Gasteiger partial charge < -0.3 is 14.8 Å². The Morgan fingerprint density at radius 3 is 2.81 bits per heavy atom. The third-order valence-electron chi connectivity index (χ3n) is 2.80. The van der Waals surface area contributed by atoms with Crippen LogP contribution >= 0.6 is 0 Å². The topological polar surface area (TPSA) is 79.5 Å². The van der Waals surface area contributed by atoms with Crippen molar-refractivity contribution in [3.8, 4) is 0 Å². The minimum absolute atomic E-state index is 0.202. The summed E-state index contributed by atoms with van der Waals surface area (Å²) in [4.78, 5) is 22.5. The minimum atomic E-state index is -1.02. The first-order valence-corrected chi connectivity index (χ1v) is 6.47. The molecular formula is C16H15NO4. The molecule has 1 amide bonds. The summed E-state index contributed by atoms with van der Waals surface area (Å²) in [6.45, 7) is 0.474. The molecule has 0 saturated heterocycles. The van der Waals surface area contributed by atoms with Gasteiger partial charge in [-0.05, 0) is 35.9 Å². The number of carboxylic acids is 1. The molecule has 5 nitrogen and oxygen atoms in total. The van der Waals surface area contributed by atoms with Crippen LogP contribution < -0.4 is 5.32 Å². The van der Waals surface area contributed by atoms with Crippen LogP contribution in [-0.2, 0) is 11.2 Å². The molecule has 0 saturated carbocycles. The van der Waals surface area contributed by atoms with Crippen molar-refractivity contribution in [1.29, 1.82) is 0 Å². The summed E-state index contributed by atoms with van der Waals surface area (Å²) in [6.07, 6.45) is 4.70. The van der Waals surface area contributed by atoms with E-state index in [9.17, 15) is 9.59 Å². The number of hydrogen-bond acceptors (Lipinski definition) is 3. The minimum Gasteiger partial charge on any atom is -0.478 e. The van der Waals surface area contributed by atoms with Crippen LogP contribution in [0.5, 0.6) is 0 Å². The number of rotatable bonds is 6. The fourth-order valence-corrected chi connectivity index (χ4v) is 1.81. The Labute approximate surface area is 121 Å². The maximum Gasteiger partial charge on any atom is 0.328 e. The fourth-order valence-electron chi connectivity index (χ4n) is 1.81. The third kappa shape index (κ3) is 4.65. The predicted molar refractivity (Wildman–Crippen MR) is 77.9 cm³/mol. The van der Waals surface area contributed by atoms with E-state index in [-0.39, 0.29) is 5.91 Å². The van der Waals surface area contributed by atoms with Gasteiger partial charge in [0.05, 0.1) is 6.26 Å². The molecule has 1 aromatic carbocycles. The molecule has 2 N–H and O–H groups in total. The predicted octanol–water partition coefficient (Wildman–Crippen LogP) is 2.35. The van der Waals surface area contributed by atoms with E-state index >= 15 is 0 Å². The van der Waals surface area contributed by atoms with Gasteiger partial charge in [-0.2, -0.15) is 0 Å². The molecule has 1 heterocycles. The largest absolute Gasteiger partial charge is 0.478 e. The Kier molecular flexibility index (Phi) is 4.93. The van der Waals surface area contributed by atoms with Gasteiger partial charge in [-0.15, -0.1) is 0 Å². The summed E-state index contributed by atoms with van der Waals surface area (Å²) < 4.78 is 5.18. The van der Waals surface area contributed by atoms with E-state index in [0.717, 1.165) is 11.8 Å². The van der Waals surface area contributed by atoms with Crippen molar-refractivity contribution in [2.24, 2.45) is 0 Å². The fraction of sp³-hybridized carbons (Fsp3) is 0.125. The van der Waals surface area contributed by atoms with E-state index in [4.69, 9.17) is 9.52 Å². The Morgan fingerprint density at radius 2 is 2.10 bits per heavy atom. The van der Waals surface area contributed by atoms with Gasteiger partial charge in [0.1, 0.15) is 5.76 Å². The standard InChI is InChI=1S/C16H15NO4/c18-15(19)7-6-12-3-1-4-13(11-12)16(20)17-9-8-14-5-2-10-21-14/h1-7,10-11H,8-9H2,(H,17,20)(H,18,19). The van der Waals surface area contributed by atoms with Crippen molar-refractivity contribution in [2.75, 3.05) is 6.54 Å². The van der Waals surface area contributed by atoms with Gasteiger partial charge in [0.2, 0.25) is 0 Å². The highest BCUT2D eigenvalue weighted by molar-refractivity contribution is 5.95. The second-order valence-electron chi connectivity index (χ2n) is 4.38. The molecule has 0 aliphatic carbocycles. The van der Waals surface area contributed by atoms with E-state index in [1.165, 1.54) is 6.08 Å². The van der Waals surface area contributed by atoms with Gasteiger partial charge in [-0.1, -0.05) is 12.1 Å². The zero-order chi connectivity index (χ0) is 15.1. The molecule has 1 aromatic heterocycles. The highest BCUT2D eigenvalue weighted by atomic mass is 16.4. The molecule has 0 atom stereocenters. The molecular weight excluding hydrogens is 270 g/mol. The number of hydrogen-bond donors (Lipinski definition) is 2. The summed E-state index contributed by atoms with van der Waals surface area (Å²) in [7, 11) is 0. The lowest BCUT2D eigenvalue weighted by molar-refractivity contribution is -0.131. The molecule has 0 spiro atoms. The van der Waals surface area contributed by atoms with Crippen molar-refractivity contribution in [3.05, 3.63) is 65.6 Å². The molecule has 2 rings (SSSR count). The van der Waals surface area contributed by atoms with Crippen molar-refractivity contribution >= 4 is 18.0 Å². The van der Waals surface area contributed by atoms with Crippen LogP contribution in [-0.4, -0.2) is 23.5 Å². The number of carboxylic acid groups (broad SMARTS) is 1. The zero-order valence-corrected chi connectivity index (χ0v) is 11.3. The van der Waals surface area contributed by atoms with Gasteiger partial charge in [0.25, 0.3) is 5.91 Å². The van der Waals surface area contributed by atoms with Crippen LogP contribution in [0.2, 0.25) is 0 Å². The second kappa shape index (κ2) is 7.09. The second-order valence-corrected chi connectivity index (χ2v) is 4.38. The van der Waals surface area contributed by atoms with E-state index in [1.807, 2.05) is 6.07 Å². The lowest BCUT2D eigenvalue weighted by Crippen LogP contribution is -2.25. The quantitative estimate of drug-likeness (QED) is 0.798. The lowest BCUT2D eigenvalue weighted by Gasteiger charge is -2.05. The van der Waals surface area contributed by atoms with Crippen LogP contribution in [0.25, 0.3) is 6.08 Å². The highest BCUT2D eigenvalue weighted by Gasteiger charge is 2.05. The van der Waals surface area contributed by atoms with E-state index < -0.39 is 5.97 Å². The number of carbonyl (C=O) groups excluding carboxylic acids is 1. The van der Waals surface area contributed by atoms with Crippen molar-refractivity contribution in [3.63, 3.8) is 0 Å². The van der Waals surface area contributed by atoms with Crippen molar-refractivity contribution < 1.29 is 19.1 Å². The number of carbonyl (C=O) groups is 2. The number of furan rings is 1. The molecule has 0 aliphatic rings. The highest BCUT2D eigenvalue weighted by Crippen LogP contribution is 2.07. The zero-order valence-electron chi connectivity index (χ0n) is 11.3. The van der Waals surface area contributed by atoms with Crippen LogP contribution in [0.4, 0.5) is 0 Å². The molecule has 5 heteroatoms. The molecule has 0 unspecified atom stereocenters. The van der Waals surface area contributed by atoms with Crippen molar-refractivity contribution in [1.82, 2.24) is 5.32 Å². The van der Waals surface area contributed by atoms with E-state index in [0.29, 0.717) is 24.1 Å². The Hall–Kier alpha value is -2.82. The Bertz CT molecular complexity index is 644. The summed E-state index contributed by atoms with van der Waals surface area (Å²) in [6, 6.07) is 10.4. The van der Waals surface area contributed by atoms with E-state index in [1.54, 1.807) is 36.6 Å². The van der Waals surface area contributed by atoms with Gasteiger partial charge in [0, 0.05) is 24.6 Å². The number of nitrogens with one attached hydrogen (secondary N) is 1. The van der Waals surface area contributed by atoms with Gasteiger partial charge in [-0.3, -0.25) is 4.79 Å². The maximum absolute atomic E-state index is 12.0. The maximum atomic E-state index is 12.0. The summed E-state index contributed by atoms with van der Waals surface area (Å²) >= 11 is 0. The summed E-state index contributed by atoms with van der Waals surface area (Å²) in [5.74, 6) is -0.413. The van der Waals surface area contributed by atoms with Crippen LogP contribution in [0, 0.1) is 0 Å². The SMILES string of the molecule is O=C(O)C=Cc1cccc(C(=O)NCCc2ccco2)c1. The van der Waals surface area contributed by atoms with E-state index in [2.05, 4.69) is 5.32 Å². The Balaban J connectivity index is 1.92. The molecule has 108 valence electrons. The first-order chi connectivity index (χ1) is 10.1. The van der Waals surface area contributed by atoms with Gasteiger partial charge in [-0.25, -0.2) is 4.79 Å². The number of amides is 1.